The topological polar surface area (TPSA) is 150 Å². The molecule has 0 unspecified atom stereocenters. The van der Waals surface area contributed by atoms with Crippen molar-refractivity contribution in [1.29, 1.82) is 0 Å². The van der Waals surface area contributed by atoms with Gasteiger partial charge in [0, 0.05) is 115 Å². The molecule has 0 radical (unpaired) electrons. The van der Waals surface area contributed by atoms with E-state index >= 15 is 8.78 Å². The first-order valence-electron chi connectivity index (χ1n) is 23.2. The summed E-state index contributed by atoms with van der Waals surface area (Å²) in [6.45, 7) is 8.74. The van der Waals surface area contributed by atoms with E-state index in [-0.39, 0.29) is 46.4 Å². The fraction of sp³-hybridized carbons (Fsp3) is 0.385. The molecule has 17 heteroatoms. The van der Waals surface area contributed by atoms with Crippen LogP contribution in [-0.4, -0.2) is 108 Å². The van der Waals surface area contributed by atoms with Gasteiger partial charge in [0.1, 0.15) is 22.8 Å². The van der Waals surface area contributed by atoms with Gasteiger partial charge in [0.2, 0.25) is 10.9 Å². The first-order valence-corrected chi connectivity index (χ1v) is 23.2. The molecule has 2 aromatic heterocycles. The van der Waals surface area contributed by atoms with Crippen LogP contribution in [0.4, 0.5) is 20.2 Å². The number of pyridine rings is 2. The molecule has 2 saturated carbocycles. The van der Waals surface area contributed by atoms with Gasteiger partial charge in [0.15, 0.2) is 0 Å². The molecule has 69 heavy (non-hydrogen) atoms. The number of aromatic nitrogens is 2. The third-order valence-electron chi connectivity index (χ3n) is 13.4. The molecule has 364 valence electrons. The zero-order valence-electron chi connectivity index (χ0n) is 38.7. The van der Waals surface area contributed by atoms with Gasteiger partial charge in [-0.3, -0.25) is 19.4 Å². The number of nitrogens with zero attached hydrogens (tertiary/aromatic N) is 6. The molecule has 2 aliphatic heterocycles. The molecule has 4 aliphatic rings. The van der Waals surface area contributed by atoms with E-state index in [1.54, 1.807) is 26.4 Å². The van der Waals surface area contributed by atoms with E-state index in [1.807, 2.05) is 18.9 Å². The van der Waals surface area contributed by atoms with Gasteiger partial charge in [-0.2, -0.15) is 0 Å². The van der Waals surface area contributed by atoms with Crippen LogP contribution in [0.15, 0.2) is 94.8 Å². The number of carboxylic acids is 2. The summed E-state index contributed by atoms with van der Waals surface area (Å²) in [6.07, 6.45) is 6.54. The first-order chi connectivity index (χ1) is 32.9. The Kier molecular flexibility index (Phi) is 15.2. The van der Waals surface area contributed by atoms with Crippen molar-refractivity contribution in [2.75, 3.05) is 76.4 Å². The summed E-state index contributed by atoms with van der Waals surface area (Å²) in [5.74, 6) is -3.54. The maximum Gasteiger partial charge on any atom is 0.341 e. The number of hydrogen-bond donors (Lipinski definition) is 2. The number of methoxy groups -OCH3 is 2. The summed E-state index contributed by atoms with van der Waals surface area (Å²) < 4.78 is 44.3. The van der Waals surface area contributed by atoms with Crippen molar-refractivity contribution < 1.29 is 38.1 Å². The molecule has 0 atom stereocenters. The lowest BCUT2D eigenvalue weighted by atomic mass is 10.1. The predicted molar refractivity (Wildman–Crippen MR) is 263 cm³/mol. The van der Waals surface area contributed by atoms with Gasteiger partial charge in [0.25, 0.3) is 0 Å². The number of benzene rings is 4. The van der Waals surface area contributed by atoms with Gasteiger partial charge in [-0.25, -0.2) is 18.4 Å². The number of ether oxygens (including phenoxy) is 2. The predicted octanol–water partition coefficient (Wildman–Crippen LogP) is 7.71. The Morgan fingerprint density at radius 1 is 0.551 bits per heavy atom. The minimum atomic E-state index is -1.28. The maximum atomic E-state index is 15.1. The lowest BCUT2D eigenvalue weighted by molar-refractivity contribution is 0.0684. The SMILES string of the molecule is COCc1ccc(CN2CCN(c3cc4c(cc3F)c(=O)c(C(=O)O)cn4C3CC3)CC2)cc1.COCc1ccc(CN2CCN(c3cc4c(cc3F)c(=O)c(C(=O)O)cn4C3CC3)CC2)cc1.Cl. The highest BCUT2D eigenvalue weighted by atomic mass is 35.5. The van der Waals surface area contributed by atoms with Crippen molar-refractivity contribution in [2.45, 2.75) is 64.1 Å². The third kappa shape index (κ3) is 11.0. The Morgan fingerprint density at radius 3 is 1.19 bits per heavy atom. The molecule has 2 saturated heterocycles. The molecule has 10 rings (SSSR count). The van der Waals surface area contributed by atoms with Gasteiger partial charge in [-0.05, 0) is 72.2 Å². The fourth-order valence-electron chi connectivity index (χ4n) is 9.44. The van der Waals surface area contributed by atoms with Gasteiger partial charge in [0.05, 0.1) is 35.6 Å². The quantitative estimate of drug-likeness (QED) is 0.110. The number of carbonyl (C=O) groups is 2. The van der Waals surface area contributed by atoms with E-state index in [1.165, 1.54) is 35.7 Å². The Bertz CT molecular complexity index is 2760. The van der Waals surface area contributed by atoms with Crippen LogP contribution < -0.4 is 20.7 Å². The number of piperazine rings is 2. The number of halogens is 3. The van der Waals surface area contributed by atoms with Crippen LogP contribution in [0.3, 0.4) is 0 Å². The van der Waals surface area contributed by atoms with Crippen LogP contribution >= 0.6 is 12.4 Å². The van der Waals surface area contributed by atoms with E-state index in [0.717, 1.165) is 76.1 Å². The average molecular weight is 968 g/mol. The van der Waals surface area contributed by atoms with Crippen molar-refractivity contribution in [3.05, 3.63) is 151 Å². The van der Waals surface area contributed by atoms with Gasteiger partial charge in [-0.15, -0.1) is 12.4 Å². The summed E-state index contributed by atoms with van der Waals surface area (Å²) in [7, 11) is 3.37. The van der Waals surface area contributed by atoms with Crippen LogP contribution in [0.2, 0.25) is 0 Å². The highest BCUT2D eigenvalue weighted by molar-refractivity contribution is 5.94. The van der Waals surface area contributed by atoms with Gasteiger partial charge in [-0.1, -0.05) is 48.5 Å². The summed E-state index contributed by atoms with van der Waals surface area (Å²) in [5, 5.41) is 19.1. The average Bonchev–Trinajstić information content (AvgIpc) is 4.28. The Labute approximate surface area is 404 Å². The Hall–Kier alpha value is -6.17. The fourth-order valence-corrected chi connectivity index (χ4v) is 9.44. The molecule has 0 bridgehead atoms. The van der Waals surface area contributed by atoms with E-state index in [2.05, 4.69) is 58.3 Å². The molecule has 2 aliphatic carbocycles. The lowest BCUT2D eigenvalue weighted by Gasteiger charge is -2.36. The summed E-state index contributed by atoms with van der Waals surface area (Å²) >= 11 is 0. The number of fused-ring (bicyclic) bond motifs is 2. The molecular weight excluding hydrogens is 910 g/mol. The zero-order chi connectivity index (χ0) is 47.6. The molecule has 4 heterocycles. The first kappa shape index (κ1) is 49.3. The standard InChI is InChI=1S/2C26H28FN3O4.ClH/c2*1-34-16-18-4-2-17(3-5-18)14-28-8-10-29(11-9-28)24-13-23-20(12-22(24)27)25(31)21(26(32)33)15-30(23)19-6-7-19;/h2*2-5,12-13,15,19H,6-11,14,16H2,1H3,(H,32,33);1H. The number of rotatable bonds is 14. The minimum absolute atomic E-state index is 0. The molecule has 2 N–H and O–H groups in total. The van der Waals surface area contributed by atoms with Crippen molar-refractivity contribution in [2.24, 2.45) is 0 Å². The largest absolute Gasteiger partial charge is 0.477 e. The molecule has 0 amide bonds. The highest BCUT2D eigenvalue weighted by Crippen LogP contribution is 2.39. The van der Waals surface area contributed by atoms with Crippen LogP contribution in [-0.2, 0) is 35.8 Å². The Balaban J connectivity index is 0.000000183. The van der Waals surface area contributed by atoms with Crippen LogP contribution in [0.25, 0.3) is 21.8 Å². The monoisotopic (exact) mass is 966 g/mol. The molecule has 4 fully saturated rings. The molecular formula is C52H57ClF2N6O8. The molecule has 6 aromatic rings. The van der Waals surface area contributed by atoms with E-state index in [0.29, 0.717) is 61.8 Å². The van der Waals surface area contributed by atoms with Crippen LogP contribution in [0.5, 0.6) is 0 Å². The highest BCUT2D eigenvalue weighted by Gasteiger charge is 2.30. The number of carboxylic acid groups (broad SMARTS) is 2. The van der Waals surface area contributed by atoms with Crippen molar-refractivity contribution >= 4 is 57.5 Å². The number of aromatic carboxylic acids is 2. The van der Waals surface area contributed by atoms with Gasteiger partial charge < -0.3 is 38.6 Å². The van der Waals surface area contributed by atoms with E-state index < -0.39 is 34.4 Å². The van der Waals surface area contributed by atoms with Crippen molar-refractivity contribution in [3.8, 4) is 0 Å². The molecule has 14 nitrogen and oxygen atoms in total. The van der Waals surface area contributed by atoms with Gasteiger partial charge >= 0.3 is 11.9 Å². The number of anilines is 2. The maximum absolute atomic E-state index is 15.1. The third-order valence-corrected chi connectivity index (χ3v) is 13.4. The smallest absolute Gasteiger partial charge is 0.341 e. The number of hydrogen-bond acceptors (Lipinski definition) is 10. The van der Waals surface area contributed by atoms with Crippen LogP contribution in [0, 0.1) is 11.6 Å². The lowest BCUT2D eigenvalue weighted by Crippen LogP contribution is -2.46. The second kappa shape index (κ2) is 21.2. The second-order valence-electron chi connectivity index (χ2n) is 18.3. The zero-order valence-corrected chi connectivity index (χ0v) is 39.6. The van der Waals surface area contributed by atoms with E-state index in [4.69, 9.17) is 9.47 Å². The minimum Gasteiger partial charge on any atom is -0.477 e. The second-order valence-corrected chi connectivity index (χ2v) is 18.3. The Morgan fingerprint density at radius 2 is 0.884 bits per heavy atom. The van der Waals surface area contributed by atoms with Crippen LogP contribution in [0.1, 0.15) is 80.7 Å². The normalized spacial score (nSPS) is 16.6. The van der Waals surface area contributed by atoms with Crippen molar-refractivity contribution in [1.82, 2.24) is 18.9 Å². The summed E-state index contributed by atoms with van der Waals surface area (Å²) in [5.41, 5.74) is 5.00. The summed E-state index contributed by atoms with van der Waals surface area (Å²) in [4.78, 5) is 57.2. The van der Waals surface area contributed by atoms with Crippen molar-refractivity contribution in [3.63, 3.8) is 0 Å². The summed E-state index contributed by atoms with van der Waals surface area (Å²) in [6, 6.07) is 23.0. The molecule has 0 spiro atoms. The molecule has 4 aromatic carbocycles. The van der Waals surface area contributed by atoms with E-state index in [9.17, 15) is 29.4 Å².